The number of aromatic nitrogens is 3. The van der Waals surface area contributed by atoms with Crippen molar-refractivity contribution >= 4 is 5.69 Å². The molecule has 1 aromatic carbocycles. The Balaban J connectivity index is 1.44. The summed E-state index contributed by atoms with van der Waals surface area (Å²) < 4.78 is 1.87. The Kier molecular flexibility index (Phi) is 4.50. The van der Waals surface area contributed by atoms with Crippen LogP contribution < -0.4 is 10.2 Å². The van der Waals surface area contributed by atoms with Gasteiger partial charge in [0.25, 0.3) is 0 Å². The van der Waals surface area contributed by atoms with Gasteiger partial charge in [-0.15, -0.1) is 5.10 Å². The number of piperidine rings is 1. The molecule has 0 saturated carbocycles. The van der Waals surface area contributed by atoms with Crippen molar-refractivity contribution in [2.45, 2.75) is 32.4 Å². The molecule has 0 bridgehead atoms. The predicted molar refractivity (Wildman–Crippen MR) is 84.4 cm³/mol. The van der Waals surface area contributed by atoms with Crippen LogP contribution in [0.2, 0.25) is 0 Å². The number of hydrogen-bond acceptors (Lipinski definition) is 4. The summed E-state index contributed by atoms with van der Waals surface area (Å²) in [5.41, 5.74) is 2.76. The van der Waals surface area contributed by atoms with Crippen LogP contribution in [0.1, 0.15) is 18.4 Å². The van der Waals surface area contributed by atoms with E-state index >= 15 is 0 Å². The molecule has 21 heavy (non-hydrogen) atoms. The Labute approximate surface area is 126 Å². The quantitative estimate of drug-likeness (QED) is 0.910. The van der Waals surface area contributed by atoms with Crippen LogP contribution in [-0.4, -0.2) is 40.7 Å². The number of anilines is 1. The van der Waals surface area contributed by atoms with Crippen LogP contribution >= 0.6 is 0 Å². The van der Waals surface area contributed by atoms with Crippen LogP contribution in [0.3, 0.4) is 0 Å². The molecule has 1 aromatic heterocycles. The molecule has 5 heteroatoms. The molecule has 3 rings (SSSR count). The summed E-state index contributed by atoms with van der Waals surface area (Å²) in [4.78, 5) is 2.50. The Hall–Kier alpha value is -1.88. The van der Waals surface area contributed by atoms with Crippen LogP contribution in [-0.2, 0) is 6.54 Å². The molecule has 0 atom stereocenters. The van der Waals surface area contributed by atoms with Gasteiger partial charge in [-0.2, -0.15) is 0 Å². The van der Waals surface area contributed by atoms with Crippen LogP contribution in [0.5, 0.6) is 0 Å². The Bertz CT molecular complexity index is 544. The number of para-hydroxylation sites is 1. The predicted octanol–water partition coefficient (Wildman–Crippen LogP) is 1.85. The third-order valence-corrected chi connectivity index (χ3v) is 4.20. The summed E-state index contributed by atoms with van der Waals surface area (Å²) in [5, 5.41) is 11.4. The molecule has 1 aliphatic rings. The zero-order valence-electron chi connectivity index (χ0n) is 12.6. The lowest BCUT2D eigenvalue weighted by Gasteiger charge is -2.35. The average Bonchev–Trinajstić information content (AvgIpc) is 3.02. The molecule has 0 amide bonds. The number of rotatable bonds is 5. The van der Waals surface area contributed by atoms with Crippen molar-refractivity contribution < 1.29 is 0 Å². The first kappa shape index (κ1) is 14.1. The Morgan fingerprint density at radius 3 is 2.76 bits per heavy atom. The summed E-state index contributed by atoms with van der Waals surface area (Å²) in [6.45, 7) is 6.30. The fraction of sp³-hybridized carbons (Fsp3) is 0.500. The van der Waals surface area contributed by atoms with Gasteiger partial charge in [-0.05, 0) is 31.4 Å². The monoisotopic (exact) mass is 285 g/mol. The molecule has 1 fully saturated rings. The van der Waals surface area contributed by atoms with Crippen molar-refractivity contribution in [3.63, 3.8) is 0 Å². The summed E-state index contributed by atoms with van der Waals surface area (Å²) in [5.74, 6) is 0. The van der Waals surface area contributed by atoms with Crippen LogP contribution in [0.4, 0.5) is 5.69 Å². The van der Waals surface area contributed by atoms with Gasteiger partial charge in [-0.25, -0.2) is 0 Å². The highest BCUT2D eigenvalue weighted by atomic mass is 15.4. The minimum Gasteiger partial charge on any atom is -0.371 e. The highest BCUT2D eigenvalue weighted by Gasteiger charge is 2.19. The van der Waals surface area contributed by atoms with Gasteiger partial charge in [0.05, 0.1) is 12.7 Å². The van der Waals surface area contributed by atoms with Gasteiger partial charge in [0.15, 0.2) is 0 Å². The normalized spacial score (nSPS) is 16.3. The molecule has 2 heterocycles. The second-order valence-corrected chi connectivity index (χ2v) is 5.67. The molecule has 0 aliphatic carbocycles. The van der Waals surface area contributed by atoms with E-state index in [1.807, 2.05) is 10.9 Å². The molecule has 0 spiro atoms. The van der Waals surface area contributed by atoms with E-state index < -0.39 is 0 Å². The number of hydrogen-bond donors (Lipinski definition) is 1. The second-order valence-electron chi connectivity index (χ2n) is 5.67. The zero-order valence-corrected chi connectivity index (χ0v) is 12.6. The lowest BCUT2D eigenvalue weighted by atomic mass is 10.0. The second kappa shape index (κ2) is 6.72. The summed E-state index contributed by atoms with van der Waals surface area (Å²) in [6.07, 6.45) is 6.03. The summed E-state index contributed by atoms with van der Waals surface area (Å²) >= 11 is 0. The highest BCUT2D eigenvalue weighted by Crippen LogP contribution is 2.23. The summed E-state index contributed by atoms with van der Waals surface area (Å²) in [6, 6.07) is 9.28. The van der Waals surface area contributed by atoms with Crippen molar-refractivity contribution in [1.29, 1.82) is 0 Å². The molecule has 1 saturated heterocycles. The first-order valence-electron chi connectivity index (χ1n) is 7.71. The van der Waals surface area contributed by atoms with Gasteiger partial charge in [0, 0.05) is 37.6 Å². The zero-order chi connectivity index (χ0) is 14.5. The molecule has 2 aromatic rings. The fourth-order valence-corrected chi connectivity index (χ4v) is 2.98. The average molecular weight is 285 g/mol. The van der Waals surface area contributed by atoms with E-state index in [-0.39, 0.29) is 0 Å². The van der Waals surface area contributed by atoms with Gasteiger partial charge in [-0.1, -0.05) is 23.4 Å². The molecule has 1 N–H and O–H groups in total. The van der Waals surface area contributed by atoms with E-state index in [0.717, 1.165) is 26.2 Å². The molecular formula is C16H23N5. The van der Waals surface area contributed by atoms with E-state index in [4.69, 9.17) is 0 Å². The van der Waals surface area contributed by atoms with E-state index in [0.29, 0.717) is 6.04 Å². The molecule has 5 nitrogen and oxygen atoms in total. The van der Waals surface area contributed by atoms with Gasteiger partial charge in [-0.3, -0.25) is 4.68 Å². The van der Waals surface area contributed by atoms with E-state index in [1.54, 1.807) is 6.20 Å². The number of aryl methyl sites for hydroxylation is 1. The Morgan fingerprint density at radius 1 is 1.24 bits per heavy atom. The maximum Gasteiger partial charge on any atom is 0.0692 e. The smallest absolute Gasteiger partial charge is 0.0692 e. The standard InChI is InChI=1S/C16H23N5/c1-14-4-2-3-5-16(14)20-10-6-15(7-11-20)17-8-12-21-13-9-18-19-21/h2-5,9,13,15,17H,6-8,10-12H2,1H3. The van der Waals surface area contributed by atoms with Gasteiger partial charge < -0.3 is 10.2 Å². The third-order valence-electron chi connectivity index (χ3n) is 4.20. The highest BCUT2D eigenvalue weighted by molar-refractivity contribution is 5.53. The van der Waals surface area contributed by atoms with Crippen molar-refractivity contribution in [3.05, 3.63) is 42.2 Å². The number of benzene rings is 1. The first-order chi connectivity index (χ1) is 10.3. The minimum absolute atomic E-state index is 0.619. The SMILES string of the molecule is Cc1ccccc1N1CCC(NCCn2ccnn2)CC1. The third kappa shape index (κ3) is 3.61. The lowest BCUT2D eigenvalue weighted by molar-refractivity contribution is 0.399. The maximum atomic E-state index is 3.98. The van der Waals surface area contributed by atoms with Gasteiger partial charge in [0.1, 0.15) is 0 Å². The van der Waals surface area contributed by atoms with Crippen LogP contribution in [0.15, 0.2) is 36.7 Å². The molecular weight excluding hydrogens is 262 g/mol. The van der Waals surface area contributed by atoms with Gasteiger partial charge in [0.2, 0.25) is 0 Å². The molecule has 112 valence electrons. The van der Waals surface area contributed by atoms with Crippen molar-refractivity contribution in [2.24, 2.45) is 0 Å². The first-order valence-corrected chi connectivity index (χ1v) is 7.71. The number of nitrogens with zero attached hydrogens (tertiary/aromatic N) is 4. The lowest BCUT2D eigenvalue weighted by Crippen LogP contribution is -2.43. The molecule has 0 unspecified atom stereocenters. The van der Waals surface area contributed by atoms with Gasteiger partial charge >= 0.3 is 0 Å². The Morgan fingerprint density at radius 2 is 2.05 bits per heavy atom. The van der Waals surface area contributed by atoms with Crippen LogP contribution in [0.25, 0.3) is 0 Å². The summed E-state index contributed by atoms with van der Waals surface area (Å²) in [7, 11) is 0. The van der Waals surface area contributed by atoms with Crippen LogP contribution in [0, 0.1) is 6.92 Å². The van der Waals surface area contributed by atoms with Crippen molar-refractivity contribution in [3.8, 4) is 0 Å². The van der Waals surface area contributed by atoms with E-state index in [2.05, 4.69) is 51.7 Å². The fourth-order valence-electron chi connectivity index (χ4n) is 2.98. The van der Waals surface area contributed by atoms with E-state index in [1.165, 1.54) is 24.1 Å². The number of nitrogens with one attached hydrogen (secondary N) is 1. The van der Waals surface area contributed by atoms with E-state index in [9.17, 15) is 0 Å². The minimum atomic E-state index is 0.619. The maximum absolute atomic E-state index is 3.98. The molecule has 0 radical (unpaired) electrons. The van der Waals surface area contributed by atoms with Crippen molar-refractivity contribution in [2.75, 3.05) is 24.5 Å². The largest absolute Gasteiger partial charge is 0.371 e. The molecule has 1 aliphatic heterocycles. The van der Waals surface area contributed by atoms with Crippen molar-refractivity contribution in [1.82, 2.24) is 20.3 Å². The topological polar surface area (TPSA) is 46.0 Å².